The fourth-order valence-electron chi connectivity index (χ4n) is 3.07. The van der Waals surface area contributed by atoms with Crippen LogP contribution in [0.15, 0.2) is 41.8 Å². The zero-order chi connectivity index (χ0) is 17.6. The average molecular weight is 358 g/mol. The largest absolute Gasteiger partial charge is 0.493 e. The first-order valence-electron chi connectivity index (χ1n) is 8.53. The third kappa shape index (κ3) is 4.02. The minimum atomic E-state index is -0.415. The Balaban J connectivity index is 1.70. The van der Waals surface area contributed by atoms with E-state index in [0.717, 1.165) is 11.3 Å². The van der Waals surface area contributed by atoms with Crippen molar-refractivity contribution in [3.63, 3.8) is 0 Å². The van der Waals surface area contributed by atoms with Crippen LogP contribution in [-0.4, -0.2) is 35.9 Å². The minimum absolute atomic E-state index is 0.0897. The van der Waals surface area contributed by atoms with Crippen molar-refractivity contribution in [3.05, 3.63) is 52.2 Å². The first-order chi connectivity index (χ1) is 12.2. The number of likely N-dealkylation sites (tertiary alicyclic amines) is 1. The Kier molecular flexibility index (Phi) is 5.71. The molecule has 2 aromatic rings. The predicted octanol–water partition coefficient (Wildman–Crippen LogP) is 3.07. The first kappa shape index (κ1) is 17.5. The van der Waals surface area contributed by atoms with E-state index >= 15 is 0 Å². The molecule has 1 aliphatic heterocycles. The van der Waals surface area contributed by atoms with E-state index in [1.54, 1.807) is 28.4 Å². The van der Waals surface area contributed by atoms with Gasteiger partial charge in [-0.3, -0.25) is 9.59 Å². The van der Waals surface area contributed by atoms with Gasteiger partial charge in [-0.15, -0.1) is 11.3 Å². The third-order valence-corrected chi connectivity index (χ3v) is 5.13. The van der Waals surface area contributed by atoms with Crippen LogP contribution < -0.4 is 10.1 Å². The SMILES string of the molecule is CCOc1ccccc1C(=O)N1CCC[C@H]1C(=O)NCc1cccs1. The molecular weight excluding hydrogens is 336 g/mol. The minimum Gasteiger partial charge on any atom is -0.493 e. The molecule has 0 radical (unpaired) electrons. The van der Waals surface area contributed by atoms with E-state index in [1.807, 2.05) is 36.6 Å². The van der Waals surface area contributed by atoms with Gasteiger partial charge in [-0.2, -0.15) is 0 Å². The molecule has 25 heavy (non-hydrogen) atoms. The Morgan fingerprint density at radius 1 is 1.28 bits per heavy atom. The number of thiophene rings is 1. The summed E-state index contributed by atoms with van der Waals surface area (Å²) < 4.78 is 5.56. The Bertz CT molecular complexity index is 730. The second kappa shape index (κ2) is 8.16. The Hall–Kier alpha value is -2.34. The number of hydrogen-bond donors (Lipinski definition) is 1. The molecule has 0 bridgehead atoms. The highest BCUT2D eigenvalue weighted by molar-refractivity contribution is 7.09. The van der Waals surface area contributed by atoms with E-state index in [-0.39, 0.29) is 11.8 Å². The van der Waals surface area contributed by atoms with Gasteiger partial charge in [0.2, 0.25) is 5.91 Å². The van der Waals surface area contributed by atoms with Gasteiger partial charge in [-0.1, -0.05) is 18.2 Å². The van der Waals surface area contributed by atoms with E-state index in [9.17, 15) is 9.59 Å². The Morgan fingerprint density at radius 2 is 2.12 bits per heavy atom. The topological polar surface area (TPSA) is 58.6 Å². The lowest BCUT2D eigenvalue weighted by atomic mass is 10.1. The van der Waals surface area contributed by atoms with Crippen LogP contribution in [0, 0.1) is 0 Å². The van der Waals surface area contributed by atoms with E-state index in [2.05, 4.69) is 5.32 Å². The molecule has 2 heterocycles. The molecule has 1 N–H and O–H groups in total. The molecule has 2 amide bonds. The molecule has 0 unspecified atom stereocenters. The lowest BCUT2D eigenvalue weighted by Crippen LogP contribution is -2.45. The maximum Gasteiger partial charge on any atom is 0.258 e. The van der Waals surface area contributed by atoms with Crippen molar-refractivity contribution in [2.75, 3.05) is 13.2 Å². The van der Waals surface area contributed by atoms with Crippen molar-refractivity contribution in [2.24, 2.45) is 0 Å². The number of nitrogens with zero attached hydrogens (tertiary/aromatic N) is 1. The Morgan fingerprint density at radius 3 is 2.88 bits per heavy atom. The van der Waals surface area contributed by atoms with Gasteiger partial charge in [0.1, 0.15) is 11.8 Å². The highest BCUT2D eigenvalue weighted by Crippen LogP contribution is 2.25. The van der Waals surface area contributed by atoms with Gasteiger partial charge in [0.05, 0.1) is 18.7 Å². The molecule has 1 aromatic heterocycles. The number of amides is 2. The molecular formula is C19H22N2O3S. The van der Waals surface area contributed by atoms with Crippen molar-refractivity contribution in [2.45, 2.75) is 32.4 Å². The smallest absolute Gasteiger partial charge is 0.258 e. The molecule has 1 saturated heterocycles. The van der Waals surface area contributed by atoms with Crippen molar-refractivity contribution in [1.29, 1.82) is 0 Å². The van der Waals surface area contributed by atoms with Crippen LogP contribution in [0.2, 0.25) is 0 Å². The lowest BCUT2D eigenvalue weighted by molar-refractivity contribution is -0.125. The second-order valence-corrected chi connectivity index (χ2v) is 6.92. The molecule has 1 fully saturated rings. The standard InChI is InChI=1S/C19H22N2O3S/c1-2-24-17-10-4-3-8-15(17)19(23)21-11-5-9-16(21)18(22)20-13-14-7-6-12-25-14/h3-4,6-8,10,12,16H,2,5,9,11,13H2,1H3,(H,20,22)/t16-/m0/s1. The number of ether oxygens (including phenoxy) is 1. The third-order valence-electron chi connectivity index (χ3n) is 4.25. The molecule has 0 saturated carbocycles. The van der Waals surface area contributed by atoms with Crippen molar-refractivity contribution in [1.82, 2.24) is 10.2 Å². The van der Waals surface area contributed by atoms with Crippen LogP contribution in [0.25, 0.3) is 0 Å². The molecule has 1 aliphatic rings. The van der Waals surface area contributed by atoms with Gasteiger partial charge in [0, 0.05) is 11.4 Å². The fraction of sp³-hybridized carbons (Fsp3) is 0.368. The highest BCUT2D eigenvalue weighted by atomic mass is 32.1. The molecule has 0 spiro atoms. The van der Waals surface area contributed by atoms with Crippen molar-refractivity contribution in [3.8, 4) is 5.75 Å². The monoisotopic (exact) mass is 358 g/mol. The van der Waals surface area contributed by atoms with Crippen LogP contribution >= 0.6 is 11.3 Å². The van der Waals surface area contributed by atoms with Gasteiger partial charge in [0.15, 0.2) is 0 Å². The van der Waals surface area contributed by atoms with Gasteiger partial charge >= 0.3 is 0 Å². The fourth-order valence-corrected chi connectivity index (χ4v) is 3.71. The number of rotatable bonds is 6. The van der Waals surface area contributed by atoms with E-state index in [1.165, 1.54) is 0 Å². The van der Waals surface area contributed by atoms with Crippen LogP contribution in [0.5, 0.6) is 5.75 Å². The second-order valence-electron chi connectivity index (χ2n) is 5.88. The molecule has 3 rings (SSSR count). The lowest BCUT2D eigenvalue weighted by Gasteiger charge is -2.24. The van der Waals surface area contributed by atoms with Crippen LogP contribution in [0.4, 0.5) is 0 Å². The predicted molar refractivity (Wildman–Crippen MR) is 97.8 cm³/mol. The normalized spacial score (nSPS) is 16.7. The van der Waals surface area contributed by atoms with Crippen LogP contribution in [0.1, 0.15) is 35.0 Å². The number of carbonyl (C=O) groups excluding carboxylic acids is 2. The Labute approximate surface area is 151 Å². The van der Waals surface area contributed by atoms with Crippen LogP contribution in [0.3, 0.4) is 0 Å². The summed E-state index contributed by atoms with van der Waals surface area (Å²) in [6.07, 6.45) is 1.53. The summed E-state index contributed by atoms with van der Waals surface area (Å²) in [6, 6.07) is 10.7. The maximum absolute atomic E-state index is 13.0. The molecule has 1 aromatic carbocycles. The van der Waals surface area contributed by atoms with Gasteiger partial charge in [-0.05, 0) is 43.3 Å². The number of hydrogen-bond acceptors (Lipinski definition) is 4. The van der Waals surface area contributed by atoms with Gasteiger partial charge in [0.25, 0.3) is 5.91 Å². The number of carbonyl (C=O) groups is 2. The summed E-state index contributed by atoms with van der Waals surface area (Å²) in [6.45, 7) is 3.48. The number of para-hydroxylation sites is 1. The van der Waals surface area contributed by atoms with E-state index in [4.69, 9.17) is 4.74 Å². The average Bonchev–Trinajstić information content (AvgIpc) is 3.31. The maximum atomic E-state index is 13.0. The van der Waals surface area contributed by atoms with E-state index < -0.39 is 6.04 Å². The summed E-state index contributed by atoms with van der Waals surface area (Å²) in [5.74, 6) is 0.339. The first-order valence-corrected chi connectivity index (χ1v) is 9.41. The van der Waals surface area contributed by atoms with Crippen molar-refractivity contribution < 1.29 is 14.3 Å². The number of nitrogens with one attached hydrogen (secondary N) is 1. The van der Waals surface area contributed by atoms with Crippen LogP contribution in [-0.2, 0) is 11.3 Å². The zero-order valence-corrected chi connectivity index (χ0v) is 15.1. The van der Waals surface area contributed by atoms with E-state index in [0.29, 0.717) is 37.4 Å². The zero-order valence-electron chi connectivity index (χ0n) is 14.2. The summed E-state index contributed by atoms with van der Waals surface area (Å²) in [5, 5.41) is 4.93. The molecule has 5 nitrogen and oxygen atoms in total. The van der Waals surface area contributed by atoms with Gasteiger partial charge < -0.3 is 15.0 Å². The summed E-state index contributed by atoms with van der Waals surface area (Å²) >= 11 is 1.61. The molecule has 6 heteroatoms. The highest BCUT2D eigenvalue weighted by Gasteiger charge is 2.35. The van der Waals surface area contributed by atoms with Crippen molar-refractivity contribution >= 4 is 23.2 Å². The summed E-state index contributed by atoms with van der Waals surface area (Å²) in [4.78, 5) is 28.3. The molecule has 0 aliphatic carbocycles. The van der Waals surface area contributed by atoms with Gasteiger partial charge in [-0.25, -0.2) is 0 Å². The molecule has 132 valence electrons. The summed E-state index contributed by atoms with van der Waals surface area (Å²) in [5.41, 5.74) is 0.516. The molecule has 1 atom stereocenters. The summed E-state index contributed by atoms with van der Waals surface area (Å²) in [7, 11) is 0. The quantitative estimate of drug-likeness (QED) is 0.863. The number of benzene rings is 1.